The molecular weight excluding hydrogens is 300 g/mol. The molecule has 0 amide bonds. The zero-order valence-electron chi connectivity index (χ0n) is 16.8. The van der Waals surface area contributed by atoms with Gasteiger partial charge in [-0.25, -0.2) is 9.78 Å². The van der Waals surface area contributed by atoms with Gasteiger partial charge in [-0.3, -0.25) is 0 Å². The van der Waals surface area contributed by atoms with Crippen LogP contribution in [0.4, 0.5) is 0 Å². The fourth-order valence-electron chi connectivity index (χ4n) is 3.13. The van der Waals surface area contributed by atoms with Crippen LogP contribution < -0.4 is 0 Å². The van der Waals surface area contributed by atoms with E-state index in [4.69, 9.17) is 4.89 Å². The maximum Gasteiger partial charge on any atom is 0.0933 e. The van der Waals surface area contributed by atoms with Crippen molar-refractivity contribution in [1.82, 2.24) is 0 Å². The lowest BCUT2D eigenvalue weighted by Gasteiger charge is -2.09. The zero-order valence-corrected chi connectivity index (χ0v) is 16.8. The second kappa shape index (κ2) is 20.9. The summed E-state index contributed by atoms with van der Waals surface area (Å²) >= 11 is 0. The summed E-state index contributed by atoms with van der Waals surface area (Å²) < 4.78 is 0. The molecule has 0 rings (SSSR count). The Hall–Kier alpha value is -0.120. The molecule has 0 aromatic rings. The summed E-state index contributed by atoms with van der Waals surface area (Å²) in [4.78, 5) is 9.42. The lowest BCUT2D eigenvalue weighted by molar-refractivity contribution is -0.515. The molecule has 0 aliphatic heterocycles. The van der Waals surface area contributed by atoms with E-state index >= 15 is 0 Å². The van der Waals surface area contributed by atoms with E-state index in [9.17, 15) is 0 Å². The van der Waals surface area contributed by atoms with Crippen LogP contribution in [0.15, 0.2) is 0 Å². The van der Waals surface area contributed by atoms with Crippen molar-refractivity contribution in [2.75, 3.05) is 7.11 Å². The number of unbranched alkanes of at least 4 members (excludes halogenated alkanes) is 15. The molecule has 0 aromatic carbocycles. The van der Waals surface area contributed by atoms with Gasteiger partial charge in [0, 0.05) is 0 Å². The Morgan fingerprint density at radius 2 is 0.958 bits per heavy atom. The van der Waals surface area contributed by atoms with E-state index in [1.54, 1.807) is 0 Å². The molecule has 0 saturated heterocycles. The summed E-state index contributed by atoms with van der Waals surface area (Å²) in [6.45, 7) is 4.31. The van der Waals surface area contributed by atoms with Crippen molar-refractivity contribution in [3.63, 3.8) is 0 Å². The second-order valence-electron chi connectivity index (χ2n) is 7.23. The highest BCUT2D eigenvalue weighted by molar-refractivity contribution is 4.52. The molecule has 0 heterocycles. The van der Waals surface area contributed by atoms with E-state index in [0.29, 0.717) is 0 Å². The van der Waals surface area contributed by atoms with E-state index in [2.05, 4.69) is 16.8 Å². The van der Waals surface area contributed by atoms with Crippen LogP contribution >= 0.6 is 0 Å². The fourth-order valence-corrected chi connectivity index (χ4v) is 3.13. The van der Waals surface area contributed by atoms with E-state index in [1.165, 1.54) is 110 Å². The third-order valence-electron chi connectivity index (χ3n) is 4.74. The minimum Gasteiger partial charge on any atom is -0.210 e. The van der Waals surface area contributed by atoms with Crippen LogP contribution in [0.25, 0.3) is 0 Å². The maximum atomic E-state index is 4.99. The van der Waals surface area contributed by atoms with Gasteiger partial charge in [-0.15, -0.1) is 0 Å². The third kappa shape index (κ3) is 19.9. The molecule has 0 aliphatic carbocycles. The Balaban J connectivity index is 3.02. The smallest absolute Gasteiger partial charge is 0.0933 e. The van der Waals surface area contributed by atoms with Gasteiger partial charge >= 0.3 is 0 Å². The normalized spacial score (nSPS) is 12.6. The molecule has 0 aliphatic rings. The predicted molar refractivity (Wildman–Crippen MR) is 103 cm³/mol. The second-order valence-corrected chi connectivity index (χ2v) is 7.23. The quantitative estimate of drug-likeness (QED) is 0.130. The molecule has 0 fully saturated rings. The van der Waals surface area contributed by atoms with Crippen molar-refractivity contribution in [1.29, 1.82) is 0 Å². The SMILES string of the molecule is CCCCCCCCCCCCCCCCCCC(C)OOOC. The molecule has 146 valence electrons. The Labute approximate surface area is 151 Å². The molecule has 0 saturated carbocycles. The van der Waals surface area contributed by atoms with Gasteiger partial charge in [0.25, 0.3) is 0 Å². The number of hydrogen-bond donors (Lipinski definition) is 0. The van der Waals surface area contributed by atoms with Gasteiger partial charge in [-0.2, -0.15) is 0 Å². The Morgan fingerprint density at radius 1 is 0.583 bits per heavy atom. The number of rotatable bonds is 20. The number of hydrogen-bond acceptors (Lipinski definition) is 3. The Morgan fingerprint density at radius 3 is 1.33 bits per heavy atom. The van der Waals surface area contributed by atoms with Crippen molar-refractivity contribution in [2.24, 2.45) is 0 Å². The van der Waals surface area contributed by atoms with Gasteiger partial charge in [-0.05, 0) is 13.3 Å². The molecule has 0 aromatic heterocycles. The van der Waals surface area contributed by atoms with Crippen molar-refractivity contribution in [2.45, 2.75) is 129 Å². The van der Waals surface area contributed by atoms with Gasteiger partial charge in [-0.1, -0.05) is 115 Å². The lowest BCUT2D eigenvalue weighted by Crippen LogP contribution is -2.08. The highest BCUT2D eigenvalue weighted by Gasteiger charge is 2.02. The summed E-state index contributed by atoms with van der Waals surface area (Å²) in [7, 11) is 1.46. The first kappa shape index (κ1) is 23.9. The van der Waals surface area contributed by atoms with Crippen molar-refractivity contribution in [3.8, 4) is 0 Å². The molecule has 0 spiro atoms. The van der Waals surface area contributed by atoms with Crippen LogP contribution in [-0.4, -0.2) is 13.2 Å². The van der Waals surface area contributed by atoms with E-state index < -0.39 is 0 Å². The van der Waals surface area contributed by atoms with Crippen LogP contribution in [0.3, 0.4) is 0 Å². The minimum atomic E-state index is 0.122. The summed E-state index contributed by atoms with van der Waals surface area (Å²) in [5.74, 6) is 0. The molecule has 0 radical (unpaired) electrons. The van der Waals surface area contributed by atoms with Crippen LogP contribution in [0, 0.1) is 0 Å². The molecule has 0 N–H and O–H groups in total. The summed E-state index contributed by atoms with van der Waals surface area (Å²) in [5, 5.41) is 4.47. The molecule has 1 unspecified atom stereocenters. The Kier molecular flexibility index (Phi) is 20.8. The lowest BCUT2D eigenvalue weighted by atomic mass is 10.0. The van der Waals surface area contributed by atoms with Crippen molar-refractivity contribution in [3.05, 3.63) is 0 Å². The van der Waals surface area contributed by atoms with Crippen molar-refractivity contribution < 1.29 is 14.8 Å². The highest BCUT2D eigenvalue weighted by atomic mass is 17.5. The van der Waals surface area contributed by atoms with Gasteiger partial charge in [0.2, 0.25) is 0 Å². The van der Waals surface area contributed by atoms with E-state index in [1.807, 2.05) is 6.92 Å². The largest absolute Gasteiger partial charge is 0.210 e. The molecule has 0 bridgehead atoms. The summed E-state index contributed by atoms with van der Waals surface area (Å²) in [5.41, 5.74) is 0. The minimum absolute atomic E-state index is 0.122. The molecule has 1 atom stereocenters. The first-order valence-corrected chi connectivity index (χ1v) is 10.7. The first-order valence-electron chi connectivity index (χ1n) is 10.7. The van der Waals surface area contributed by atoms with E-state index in [-0.39, 0.29) is 6.10 Å². The van der Waals surface area contributed by atoms with Crippen LogP contribution in [-0.2, 0) is 14.8 Å². The molecule has 24 heavy (non-hydrogen) atoms. The van der Waals surface area contributed by atoms with Gasteiger partial charge in [0.05, 0.1) is 13.2 Å². The van der Waals surface area contributed by atoms with Crippen molar-refractivity contribution >= 4 is 0 Å². The molecular formula is C21H44O3. The summed E-state index contributed by atoms with van der Waals surface area (Å²) in [6, 6.07) is 0. The van der Waals surface area contributed by atoms with Crippen LogP contribution in [0.1, 0.15) is 123 Å². The van der Waals surface area contributed by atoms with Crippen LogP contribution in [0.2, 0.25) is 0 Å². The third-order valence-corrected chi connectivity index (χ3v) is 4.74. The first-order chi connectivity index (χ1) is 11.8. The molecule has 3 nitrogen and oxygen atoms in total. The van der Waals surface area contributed by atoms with E-state index in [0.717, 1.165) is 6.42 Å². The average molecular weight is 345 g/mol. The zero-order chi connectivity index (χ0) is 17.7. The fraction of sp³-hybridized carbons (Fsp3) is 1.00. The maximum absolute atomic E-state index is 4.99. The predicted octanol–water partition coefficient (Wildman–Crippen LogP) is 7.54. The van der Waals surface area contributed by atoms with Gasteiger partial charge in [0.15, 0.2) is 0 Å². The Bertz CT molecular complexity index is 221. The molecule has 3 heteroatoms. The highest BCUT2D eigenvalue weighted by Crippen LogP contribution is 2.14. The van der Waals surface area contributed by atoms with Gasteiger partial charge < -0.3 is 0 Å². The average Bonchev–Trinajstić information content (AvgIpc) is 2.59. The van der Waals surface area contributed by atoms with Crippen LogP contribution in [0.5, 0.6) is 0 Å². The monoisotopic (exact) mass is 344 g/mol. The standard InChI is InChI=1S/C21H44O3/c1-4-5-6-7-8-9-10-11-12-13-14-15-16-17-18-19-20-21(2)23-24-22-3/h21H,4-20H2,1-3H3. The topological polar surface area (TPSA) is 27.7 Å². The van der Waals surface area contributed by atoms with Gasteiger partial charge in [0.1, 0.15) is 0 Å². The summed E-state index contributed by atoms with van der Waals surface area (Å²) in [6.07, 6.45) is 23.7.